The van der Waals surface area contributed by atoms with E-state index < -0.39 is 50.1 Å². The minimum atomic E-state index is -3.87. The topological polar surface area (TPSA) is 111 Å². The van der Waals surface area contributed by atoms with Gasteiger partial charge in [0.25, 0.3) is 5.91 Å². The van der Waals surface area contributed by atoms with Gasteiger partial charge in [-0.05, 0) is 48.0 Å². The summed E-state index contributed by atoms with van der Waals surface area (Å²) in [7, 11) is -2.51. The Morgan fingerprint density at radius 3 is 2.21 bits per heavy atom. The summed E-state index contributed by atoms with van der Waals surface area (Å²) in [6.07, 6.45) is 0. The lowest BCUT2D eigenvalue weighted by Gasteiger charge is -2.24. The second-order valence-corrected chi connectivity index (χ2v) is 11.8. The molecular formula is C29H21F4N3O5S2. The molecular weight excluding hydrogens is 610 g/mol. The van der Waals surface area contributed by atoms with Gasteiger partial charge in [-0.3, -0.25) is 4.79 Å². The van der Waals surface area contributed by atoms with Gasteiger partial charge in [-0.2, -0.15) is 5.10 Å². The predicted octanol–water partition coefficient (Wildman–Crippen LogP) is 5.73. The van der Waals surface area contributed by atoms with Gasteiger partial charge in [-0.1, -0.05) is 36.0 Å². The van der Waals surface area contributed by atoms with Gasteiger partial charge in [0.1, 0.15) is 45.9 Å². The first kappa shape index (κ1) is 30.1. The number of hydrogen-bond acceptors (Lipinski definition) is 7. The van der Waals surface area contributed by atoms with Crippen molar-refractivity contribution in [2.24, 2.45) is 10.2 Å². The van der Waals surface area contributed by atoms with E-state index in [1.807, 2.05) is 0 Å². The monoisotopic (exact) mass is 631 g/mol. The Balaban J connectivity index is 1.51. The van der Waals surface area contributed by atoms with Crippen LogP contribution >= 0.6 is 11.8 Å². The molecule has 0 saturated carbocycles. The highest BCUT2D eigenvalue weighted by molar-refractivity contribution is 8.14. The highest BCUT2D eigenvalue weighted by Gasteiger charge is 2.39. The van der Waals surface area contributed by atoms with E-state index in [2.05, 4.69) is 5.10 Å². The number of halogens is 4. The highest BCUT2D eigenvalue weighted by atomic mass is 32.2. The third-order valence-electron chi connectivity index (χ3n) is 6.29. The summed E-state index contributed by atoms with van der Waals surface area (Å²) in [5, 5.41) is 9.50. The van der Waals surface area contributed by atoms with Crippen LogP contribution in [0.25, 0.3) is 0 Å². The zero-order valence-corrected chi connectivity index (χ0v) is 23.8. The van der Waals surface area contributed by atoms with E-state index in [0.29, 0.717) is 28.8 Å². The number of primary sulfonamides is 1. The van der Waals surface area contributed by atoms with Crippen LogP contribution < -0.4 is 14.6 Å². The smallest absolute Gasteiger partial charge is 0.281 e. The number of rotatable bonds is 8. The number of amides is 1. The molecule has 5 rings (SSSR count). The molecule has 1 heterocycles. The van der Waals surface area contributed by atoms with E-state index in [-0.39, 0.29) is 28.0 Å². The number of thioether (sulfide) groups is 1. The maximum Gasteiger partial charge on any atom is 0.281 e. The lowest BCUT2D eigenvalue weighted by Crippen LogP contribution is -2.28. The number of sulfonamides is 1. The van der Waals surface area contributed by atoms with Gasteiger partial charge >= 0.3 is 0 Å². The molecule has 1 aliphatic heterocycles. The second-order valence-electron chi connectivity index (χ2n) is 9.13. The van der Waals surface area contributed by atoms with Crippen molar-refractivity contribution in [3.8, 4) is 11.5 Å². The van der Waals surface area contributed by atoms with Gasteiger partial charge in [0, 0.05) is 23.3 Å². The normalized spacial score (nSPS) is 14.9. The van der Waals surface area contributed by atoms with Crippen molar-refractivity contribution in [1.29, 1.82) is 0 Å². The summed E-state index contributed by atoms with van der Waals surface area (Å²) in [5.41, 5.74) is 0.370. The van der Waals surface area contributed by atoms with E-state index >= 15 is 0 Å². The number of benzene rings is 4. The molecule has 0 radical (unpaired) electrons. The molecule has 0 aliphatic carbocycles. The fourth-order valence-corrected chi connectivity index (χ4v) is 5.94. The molecule has 8 nitrogen and oxygen atoms in total. The average Bonchev–Trinajstić information content (AvgIpc) is 3.41. The quantitative estimate of drug-likeness (QED) is 0.249. The molecule has 2 N–H and O–H groups in total. The number of hydrogen-bond donors (Lipinski definition) is 1. The largest absolute Gasteiger partial charge is 0.492 e. The Bertz CT molecular complexity index is 1810. The van der Waals surface area contributed by atoms with Gasteiger partial charge in [-0.25, -0.2) is 36.1 Å². The first-order chi connectivity index (χ1) is 20.5. The number of nitrogens with two attached hydrogens (primary N) is 1. The van der Waals surface area contributed by atoms with Crippen LogP contribution in [0.5, 0.6) is 11.5 Å². The minimum Gasteiger partial charge on any atom is -0.492 e. The number of carbonyl (C=O) groups excluding carboxylic acids is 1. The average molecular weight is 632 g/mol. The lowest BCUT2D eigenvalue weighted by molar-refractivity contribution is 0.0737. The summed E-state index contributed by atoms with van der Waals surface area (Å²) >= 11 is 1.03. The molecule has 0 fully saturated rings. The summed E-state index contributed by atoms with van der Waals surface area (Å²) < 4.78 is 91.1. The van der Waals surface area contributed by atoms with Crippen molar-refractivity contribution in [1.82, 2.24) is 5.01 Å². The van der Waals surface area contributed by atoms with Gasteiger partial charge < -0.3 is 9.47 Å². The molecule has 1 amide bonds. The number of ether oxygens (including phenoxy) is 2. The Kier molecular flexibility index (Phi) is 8.44. The zero-order chi connectivity index (χ0) is 30.9. The van der Waals surface area contributed by atoms with Gasteiger partial charge in [0.2, 0.25) is 10.0 Å². The Hall–Kier alpha value is -4.40. The maximum atomic E-state index is 14.7. The third kappa shape index (κ3) is 6.35. The zero-order valence-electron chi connectivity index (χ0n) is 22.1. The van der Waals surface area contributed by atoms with Gasteiger partial charge in [-0.15, -0.1) is 0 Å². The standard InChI is InChI=1S/C29H21F4N3O5S2/c1-40-26-21(3-2-4-24(26)41-15-16-5-11-20(12-6-16)43(34,38)39)29-36(28(37)25-22(32)13-19(31)14-23(25)33)35-27(42-29)17-7-9-18(30)10-8-17/h2-14,29H,15H2,1H3,(H2,34,38,39). The SMILES string of the molecule is COc1c(OCc2ccc(S(N)(=O)=O)cc2)cccc1C1SC(c2ccc(F)cc2)=NN1C(=O)c1c(F)cc(F)cc1F. The molecule has 43 heavy (non-hydrogen) atoms. The Morgan fingerprint density at radius 2 is 1.60 bits per heavy atom. The molecule has 222 valence electrons. The van der Waals surface area contributed by atoms with Crippen LogP contribution in [-0.2, 0) is 16.6 Å². The van der Waals surface area contributed by atoms with Crippen LogP contribution in [0.1, 0.15) is 32.4 Å². The molecule has 4 aromatic rings. The third-order valence-corrected chi connectivity index (χ3v) is 8.44. The maximum absolute atomic E-state index is 14.7. The van der Waals surface area contributed by atoms with E-state index in [9.17, 15) is 30.8 Å². The fourth-order valence-electron chi connectivity index (χ4n) is 4.25. The van der Waals surface area contributed by atoms with E-state index in [4.69, 9.17) is 14.6 Å². The summed E-state index contributed by atoms with van der Waals surface area (Å²) in [6, 6.07) is 16.6. The van der Waals surface area contributed by atoms with Crippen LogP contribution in [0.2, 0.25) is 0 Å². The number of nitrogens with zero attached hydrogens (tertiary/aromatic N) is 2. The van der Waals surface area contributed by atoms with Crippen molar-refractivity contribution >= 4 is 32.7 Å². The Morgan fingerprint density at radius 1 is 0.953 bits per heavy atom. The van der Waals surface area contributed by atoms with Crippen LogP contribution in [0.3, 0.4) is 0 Å². The van der Waals surface area contributed by atoms with Gasteiger partial charge in [0.15, 0.2) is 11.5 Å². The van der Waals surface area contributed by atoms with Crippen LogP contribution in [-0.4, -0.2) is 31.5 Å². The van der Waals surface area contributed by atoms with Crippen molar-refractivity contribution in [3.63, 3.8) is 0 Å². The first-order valence-electron chi connectivity index (χ1n) is 12.4. The predicted molar refractivity (Wildman–Crippen MR) is 151 cm³/mol. The molecule has 1 unspecified atom stereocenters. The summed E-state index contributed by atoms with van der Waals surface area (Å²) in [6.45, 7) is -0.00546. The molecule has 0 bridgehead atoms. The Labute approximate surface area is 247 Å². The van der Waals surface area contributed by atoms with E-state index in [1.54, 1.807) is 18.2 Å². The highest BCUT2D eigenvalue weighted by Crippen LogP contribution is 2.48. The summed E-state index contributed by atoms with van der Waals surface area (Å²) in [4.78, 5) is 13.5. The second kappa shape index (κ2) is 12.1. The van der Waals surface area contributed by atoms with E-state index in [1.165, 1.54) is 55.6 Å². The number of methoxy groups -OCH3 is 1. The number of hydrazone groups is 1. The molecule has 0 spiro atoms. The van der Waals surface area contributed by atoms with Crippen LogP contribution in [0.4, 0.5) is 17.6 Å². The molecule has 0 saturated heterocycles. The molecule has 1 atom stereocenters. The molecule has 14 heteroatoms. The van der Waals surface area contributed by atoms with Gasteiger partial charge in [0.05, 0.1) is 12.0 Å². The van der Waals surface area contributed by atoms with Crippen molar-refractivity contribution < 1.29 is 40.2 Å². The fraction of sp³-hybridized carbons (Fsp3) is 0.103. The van der Waals surface area contributed by atoms with Crippen LogP contribution in [0, 0.1) is 23.3 Å². The summed E-state index contributed by atoms with van der Waals surface area (Å²) in [5.74, 6) is -5.29. The number of carbonyl (C=O) groups is 1. The van der Waals surface area contributed by atoms with Crippen molar-refractivity contribution in [2.45, 2.75) is 16.9 Å². The molecule has 1 aliphatic rings. The van der Waals surface area contributed by atoms with E-state index in [0.717, 1.165) is 16.8 Å². The molecule has 4 aromatic carbocycles. The molecule has 0 aromatic heterocycles. The number of para-hydroxylation sites is 1. The lowest BCUT2D eigenvalue weighted by atomic mass is 10.1. The first-order valence-corrected chi connectivity index (χ1v) is 14.8. The van der Waals surface area contributed by atoms with Crippen molar-refractivity contribution in [2.75, 3.05) is 7.11 Å². The van der Waals surface area contributed by atoms with Crippen molar-refractivity contribution in [3.05, 3.63) is 124 Å². The minimum absolute atomic E-state index is 0.00546. The van der Waals surface area contributed by atoms with Crippen LogP contribution in [0.15, 0.2) is 88.9 Å².